The molecule has 0 unspecified atom stereocenters. The van der Waals surface area contributed by atoms with Crippen molar-refractivity contribution in [2.45, 2.75) is 45.2 Å². The number of aryl methyl sites for hydroxylation is 2. The van der Waals surface area contributed by atoms with Crippen molar-refractivity contribution in [3.05, 3.63) is 223 Å². The number of aromatic nitrogens is 6. The molecule has 0 amide bonds. The predicted molar refractivity (Wildman–Crippen MR) is 248 cm³/mol. The van der Waals surface area contributed by atoms with Gasteiger partial charge in [-0.2, -0.15) is 0 Å². The Balaban J connectivity index is 1.04. The summed E-state index contributed by atoms with van der Waals surface area (Å²) in [6.45, 7) is 4.32. The molecule has 0 fully saturated rings. The van der Waals surface area contributed by atoms with E-state index in [1.165, 1.54) is 7.11 Å². The largest absolute Gasteiger partial charge is 0.465 e. The second-order valence-corrected chi connectivity index (χ2v) is 16.3. The van der Waals surface area contributed by atoms with Crippen LogP contribution in [0.15, 0.2) is 171 Å². The van der Waals surface area contributed by atoms with Crippen LogP contribution in [0.25, 0.3) is 33.7 Å². The van der Waals surface area contributed by atoms with E-state index in [1.807, 2.05) is 115 Å². The molecular weight excluding hydrogens is 853 g/mol. The van der Waals surface area contributed by atoms with Gasteiger partial charge in [0.1, 0.15) is 22.7 Å². The number of hydrogen-bond acceptors (Lipinski definition) is 8. The first-order chi connectivity index (χ1) is 30.8. The fourth-order valence-corrected chi connectivity index (χ4v) is 9.09. The molecule has 0 aliphatic carbocycles. The van der Waals surface area contributed by atoms with E-state index in [-0.39, 0.29) is 5.56 Å². The van der Waals surface area contributed by atoms with Gasteiger partial charge in [-0.25, -0.2) is 14.5 Å². The Bertz CT molecular complexity index is 3010. The van der Waals surface area contributed by atoms with Gasteiger partial charge in [0.05, 0.1) is 23.7 Å². The van der Waals surface area contributed by atoms with Crippen LogP contribution >= 0.6 is 15.9 Å². The Kier molecular flexibility index (Phi) is 11.5. The quantitative estimate of drug-likeness (QED) is 0.0829. The van der Waals surface area contributed by atoms with Crippen molar-refractivity contribution in [3.8, 4) is 22.7 Å². The van der Waals surface area contributed by atoms with Crippen molar-refractivity contribution < 1.29 is 13.9 Å². The van der Waals surface area contributed by atoms with Gasteiger partial charge in [0.2, 0.25) is 0 Å². The van der Waals surface area contributed by atoms with Gasteiger partial charge in [0.25, 0.3) is 5.56 Å². The minimum atomic E-state index is -0.876. The molecule has 0 saturated heterocycles. The lowest BCUT2D eigenvalue weighted by Gasteiger charge is -2.36. The van der Waals surface area contributed by atoms with Gasteiger partial charge in [-0.05, 0) is 91.8 Å². The number of tetrazole rings is 1. The number of furan rings is 1. The highest BCUT2D eigenvalue weighted by molar-refractivity contribution is 9.10. The van der Waals surface area contributed by atoms with Crippen LogP contribution in [0.1, 0.15) is 68.6 Å². The number of fused-ring (bicyclic) bond motifs is 1. The topological polar surface area (TPSA) is 118 Å². The number of benzene rings is 6. The molecule has 63 heavy (non-hydrogen) atoms. The van der Waals surface area contributed by atoms with Crippen molar-refractivity contribution in [2.75, 3.05) is 7.11 Å². The third kappa shape index (κ3) is 7.69. The van der Waals surface area contributed by atoms with Crippen molar-refractivity contribution in [1.82, 2.24) is 29.8 Å². The zero-order valence-electron chi connectivity index (χ0n) is 35.0. The van der Waals surface area contributed by atoms with E-state index in [1.54, 1.807) is 16.7 Å². The van der Waals surface area contributed by atoms with Crippen molar-refractivity contribution in [1.29, 1.82) is 0 Å². The number of carbonyl (C=O) groups excluding carboxylic acids is 1. The number of halogens is 1. The molecule has 0 saturated carbocycles. The molecule has 0 aliphatic heterocycles. The first-order valence-electron chi connectivity index (χ1n) is 20.8. The minimum absolute atomic E-state index is 0.0743. The molecule has 3 heterocycles. The molecule has 312 valence electrons. The molecular formula is C52H43BrN6O4. The van der Waals surface area contributed by atoms with Gasteiger partial charge >= 0.3 is 5.97 Å². The van der Waals surface area contributed by atoms with Gasteiger partial charge < -0.3 is 9.15 Å². The highest BCUT2D eigenvalue weighted by atomic mass is 79.9. The van der Waals surface area contributed by atoms with Crippen LogP contribution in [-0.4, -0.2) is 42.8 Å². The summed E-state index contributed by atoms with van der Waals surface area (Å²) in [4.78, 5) is 31.2. The lowest BCUT2D eigenvalue weighted by atomic mass is 9.77. The number of methoxy groups -OCH3 is 1. The maximum absolute atomic E-state index is 14.2. The number of carbonyl (C=O) groups is 1. The first-order valence-corrected chi connectivity index (χ1v) is 21.6. The molecule has 0 spiro atoms. The molecule has 6 aromatic carbocycles. The van der Waals surface area contributed by atoms with E-state index in [4.69, 9.17) is 19.4 Å². The lowest BCUT2D eigenvalue weighted by Crippen LogP contribution is -2.39. The summed E-state index contributed by atoms with van der Waals surface area (Å²) in [5.74, 6) is 1.63. The summed E-state index contributed by atoms with van der Waals surface area (Å²) in [6.07, 6.45) is 1.90. The second kappa shape index (κ2) is 17.6. The van der Waals surface area contributed by atoms with Crippen molar-refractivity contribution in [2.24, 2.45) is 0 Å². The van der Waals surface area contributed by atoms with E-state index >= 15 is 0 Å². The number of rotatable bonds is 13. The van der Waals surface area contributed by atoms with E-state index in [0.29, 0.717) is 53.4 Å². The third-order valence-corrected chi connectivity index (χ3v) is 12.4. The highest BCUT2D eigenvalue weighted by Gasteiger charge is 2.41. The van der Waals surface area contributed by atoms with Crippen LogP contribution in [0, 0.1) is 6.92 Å². The molecule has 9 rings (SSSR count). The minimum Gasteiger partial charge on any atom is -0.465 e. The molecule has 0 bridgehead atoms. The number of esters is 1. The van der Waals surface area contributed by atoms with E-state index in [2.05, 4.69) is 75.6 Å². The van der Waals surface area contributed by atoms with Crippen LogP contribution in [0.5, 0.6) is 0 Å². The maximum Gasteiger partial charge on any atom is 0.337 e. The Labute approximate surface area is 373 Å². The van der Waals surface area contributed by atoms with Gasteiger partial charge in [0.15, 0.2) is 5.82 Å². The van der Waals surface area contributed by atoms with Gasteiger partial charge in [-0.3, -0.25) is 9.36 Å². The highest BCUT2D eigenvalue weighted by Crippen LogP contribution is 2.43. The SMILES string of the molecule is CCCc1nc(C)c(Cc2ccc(C(=O)OC)cc2)c(=O)n1Cc1ccc2oc(-c3ccc(-c4nnnn4C(c4ccccc4)(c4ccccc4)c4ccccc4)cc3)c(Br)c2c1. The molecule has 0 radical (unpaired) electrons. The van der Waals surface area contributed by atoms with E-state index in [9.17, 15) is 9.59 Å². The van der Waals surface area contributed by atoms with E-state index in [0.717, 1.165) is 61.0 Å². The normalized spacial score (nSPS) is 11.6. The standard InChI is InChI=1S/C52H43BrN6O4/c1-4-14-46-54-34(2)43(31-35-21-24-39(25-22-35)51(61)62-3)50(60)58(46)33-36-23-30-45-44(32-36)47(53)48(63-45)37-26-28-38(29-27-37)49-55-56-57-59(49)52(40-15-8-5-9-16-40,41-17-10-6-11-18-41)42-19-12-7-13-20-42/h5-13,15-30,32H,4,14,31,33H2,1-3H3. The second-order valence-electron chi connectivity index (χ2n) is 15.5. The maximum atomic E-state index is 14.2. The Morgan fingerprint density at radius 1 is 0.762 bits per heavy atom. The van der Waals surface area contributed by atoms with Crippen LogP contribution < -0.4 is 5.56 Å². The van der Waals surface area contributed by atoms with Crippen LogP contribution in [0.2, 0.25) is 0 Å². The third-order valence-electron chi connectivity index (χ3n) is 11.6. The summed E-state index contributed by atoms with van der Waals surface area (Å²) >= 11 is 3.87. The predicted octanol–water partition coefficient (Wildman–Crippen LogP) is 10.6. The first kappa shape index (κ1) is 41.1. The average Bonchev–Trinajstić information content (AvgIpc) is 3.95. The van der Waals surface area contributed by atoms with Crippen molar-refractivity contribution >= 4 is 32.9 Å². The monoisotopic (exact) mass is 894 g/mol. The molecule has 11 heteroatoms. The fraction of sp³-hybridized carbons (Fsp3) is 0.154. The smallest absolute Gasteiger partial charge is 0.337 e. The lowest BCUT2D eigenvalue weighted by molar-refractivity contribution is 0.0600. The number of ether oxygens (including phenoxy) is 1. The van der Waals surface area contributed by atoms with Crippen LogP contribution in [0.3, 0.4) is 0 Å². The fourth-order valence-electron chi connectivity index (χ4n) is 8.47. The molecule has 0 N–H and O–H groups in total. The molecule has 0 aliphatic rings. The summed E-state index contributed by atoms with van der Waals surface area (Å²) in [5, 5.41) is 14.5. The van der Waals surface area contributed by atoms with Crippen LogP contribution in [0.4, 0.5) is 0 Å². The molecule has 10 nitrogen and oxygen atoms in total. The van der Waals surface area contributed by atoms with Gasteiger partial charge in [-0.15, -0.1) is 5.10 Å². The van der Waals surface area contributed by atoms with Gasteiger partial charge in [-0.1, -0.05) is 140 Å². The summed E-state index contributed by atoms with van der Waals surface area (Å²) in [6, 6.07) is 52.2. The zero-order valence-corrected chi connectivity index (χ0v) is 36.6. The Morgan fingerprint density at radius 3 is 1.94 bits per heavy atom. The zero-order chi connectivity index (χ0) is 43.5. The van der Waals surface area contributed by atoms with Gasteiger partial charge in [0, 0.05) is 40.6 Å². The summed E-state index contributed by atoms with van der Waals surface area (Å²) in [7, 11) is 1.36. The summed E-state index contributed by atoms with van der Waals surface area (Å²) in [5.41, 5.74) is 8.17. The average molecular weight is 896 g/mol. The Morgan fingerprint density at radius 2 is 1.35 bits per heavy atom. The number of nitrogens with zero attached hydrogens (tertiary/aromatic N) is 6. The van der Waals surface area contributed by atoms with Crippen LogP contribution in [-0.2, 0) is 29.7 Å². The molecule has 9 aromatic rings. The Hall–Kier alpha value is -7.24. The van der Waals surface area contributed by atoms with E-state index < -0.39 is 11.5 Å². The molecule has 0 atom stereocenters. The molecule has 3 aromatic heterocycles. The van der Waals surface area contributed by atoms with Crippen molar-refractivity contribution in [3.63, 3.8) is 0 Å². The number of hydrogen-bond donors (Lipinski definition) is 0. The summed E-state index contributed by atoms with van der Waals surface area (Å²) < 4.78 is 15.9.